The summed E-state index contributed by atoms with van der Waals surface area (Å²) in [4.78, 5) is 15.1. The predicted molar refractivity (Wildman–Crippen MR) is 75.3 cm³/mol. The van der Waals surface area contributed by atoms with Crippen LogP contribution in [-0.2, 0) is 0 Å². The number of rotatable bonds is 5. The molecule has 1 aliphatic rings. The molecule has 1 aromatic rings. The number of hydrogen-bond donors (Lipinski definition) is 2. The number of nitrogens with one attached hydrogen (secondary N) is 2. The lowest BCUT2D eigenvalue weighted by atomic mass is 10.2. The van der Waals surface area contributed by atoms with Gasteiger partial charge < -0.3 is 15.5 Å². The Kier molecular flexibility index (Phi) is 5.16. The van der Waals surface area contributed by atoms with Crippen LogP contribution < -0.4 is 10.6 Å². The van der Waals surface area contributed by atoms with Crippen molar-refractivity contribution < 1.29 is 4.79 Å². The number of aryl methyl sites for hydroxylation is 1. The first kappa shape index (κ1) is 13.5. The normalized spacial score (nSPS) is 16.7. The average molecular weight is 267 g/mol. The van der Waals surface area contributed by atoms with Crippen molar-refractivity contribution in [1.82, 2.24) is 15.5 Å². The lowest BCUT2D eigenvalue weighted by Gasteiger charge is -2.27. The molecule has 0 bridgehead atoms. The molecule has 0 unspecified atom stereocenters. The zero-order valence-corrected chi connectivity index (χ0v) is 11.7. The molecule has 2 rings (SSSR count). The minimum absolute atomic E-state index is 0.0720. The number of piperazine rings is 1. The highest BCUT2D eigenvalue weighted by molar-refractivity contribution is 7.12. The van der Waals surface area contributed by atoms with Crippen LogP contribution in [0.25, 0.3) is 0 Å². The third kappa shape index (κ3) is 3.80. The molecule has 0 atom stereocenters. The number of carbonyl (C=O) groups excluding carboxylic acids is 1. The highest BCUT2D eigenvalue weighted by Gasteiger charge is 2.11. The van der Waals surface area contributed by atoms with Crippen molar-refractivity contribution in [3.8, 4) is 0 Å². The van der Waals surface area contributed by atoms with Gasteiger partial charge in [0, 0.05) is 32.7 Å². The summed E-state index contributed by atoms with van der Waals surface area (Å²) in [5.41, 5.74) is 1.07. The molecule has 0 aliphatic carbocycles. The minimum Gasteiger partial charge on any atom is -0.351 e. The molecule has 1 fully saturated rings. The molecule has 1 aliphatic heterocycles. The average Bonchev–Trinajstić information content (AvgIpc) is 2.82. The maximum Gasteiger partial charge on any atom is 0.261 e. The molecule has 0 saturated carbocycles. The molecule has 2 N–H and O–H groups in total. The summed E-state index contributed by atoms with van der Waals surface area (Å²) in [6.07, 6.45) is 1.02. The van der Waals surface area contributed by atoms with E-state index < -0.39 is 0 Å². The van der Waals surface area contributed by atoms with E-state index in [1.165, 1.54) is 11.3 Å². The number of amides is 1. The van der Waals surface area contributed by atoms with E-state index in [0.717, 1.165) is 56.1 Å². The number of carbonyl (C=O) groups is 1. The van der Waals surface area contributed by atoms with Crippen molar-refractivity contribution in [3.63, 3.8) is 0 Å². The first-order valence-electron chi connectivity index (χ1n) is 6.53. The van der Waals surface area contributed by atoms with Crippen molar-refractivity contribution in [2.75, 3.05) is 39.3 Å². The Morgan fingerprint density at radius 1 is 1.50 bits per heavy atom. The van der Waals surface area contributed by atoms with Crippen LogP contribution in [0.2, 0.25) is 0 Å². The van der Waals surface area contributed by atoms with Gasteiger partial charge in [-0.1, -0.05) is 0 Å². The number of thiophene rings is 1. The van der Waals surface area contributed by atoms with Gasteiger partial charge in [-0.3, -0.25) is 4.79 Å². The zero-order valence-electron chi connectivity index (χ0n) is 10.9. The Balaban J connectivity index is 1.63. The summed E-state index contributed by atoms with van der Waals surface area (Å²) >= 11 is 1.51. The predicted octanol–water partition coefficient (Wildman–Crippen LogP) is 1.08. The fraction of sp³-hybridized carbons (Fsp3) is 0.615. The van der Waals surface area contributed by atoms with E-state index in [1.807, 2.05) is 18.4 Å². The zero-order chi connectivity index (χ0) is 12.8. The molecule has 0 radical (unpaired) electrons. The van der Waals surface area contributed by atoms with Crippen molar-refractivity contribution in [2.24, 2.45) is 0 Å². The largest absolute Gasteiger partial charge is 0.351 e. The molecule has 18 heavy (non-hydrogen) atoms. The van der Waals surface area contributed by atoms with Gasteiger partial charge >= 0.3 is 0 Å². The Morgan fingerprint density at radius 3 is 2.94 bits per heavy atom. The van der Waals surface area contributed by atoms with E-state index in [-0.39, 0.29) is 5.91 Å². The third-order valence-electron chi connectivity index (χ3n) is 3.21. The van der Waals surface area contributed by atoms with Crippen LogP contribution in [-0.4, -0.2) is 50.1 Å². The second-order valence-corrected chi connectivity index (χ2v) is 5.55. The fourth-order valence-electron chi connectivity index (χ4n) is 2.12. The van der Waals surface area contributed by atoms with Crippen molar-refractivity contribution in [2.45, 2.75) is 13.3 Å². The summed E-state index contributed by atoms with van der Waals surface area (Å²) in [7, 11) is 0. The van der Waals surface area contributed by atoms with Crippen LogP contribution in [0.1, 0.15) is 21.7 Å². The highest BCUT2D eigenvalue weighted by atomic mass is 32.1. The SMILES string of the molecule is Cc1ccsc1C(=O)NCCCN1CCNCC1. The van der Waals surface area contributed by atoms with E-state index in [1.54, 1.807) is 0 Å². The first-order chi connectivity index (χ1) is 8.77. The Morgan fingerprint density at radius 2 is 2.28 bits per heavy atom. The molecule has 2 heterocycles. The monoisotopic (exact) mass is 267 g/mol. The smallest absolute Gasteiger partial charge is 0.261 e. The highest BCUT2D eigenvalue weighted by Crippen LogP contribution is 2.14. The molecule has 100 valence electrons. The maximum absolute atomic E-state index is 11.9. The van der Waals surface area contributed by atoms with Gasteiger partial charge in [0.15, 0.2) is 0 Å². The van der Waals surface area contributed by atoms with Gasteiger partial charge in [0.05, 0.1) is 4.88 Å². The number of hydrogen-bond acceptors (Lipinski definition) is 4. The molecule has 0 aromatic carbocycles. The molecule has 4 nitrogen and oxygen atoms in total. The van der Waals surface area contributed by atoms with Crippen LogP contribution in [0.3, 0.4) is 0 Å². The lowest BCUT2D eigenvalue weighted by molar-refractivity contribution is 0.0955. The summed E-state index contributed by atoms with van der Waals surface area (Å²) in [5.74, 6) is 0.0720. The second kappa shape index (κ2) is 6.87. The van der Waals surface area contributed by atoms with Gasteiger partial charge in [0.1, 0.15) is 0 Å². The molecular weight excluding hydrogens is 246 g/mol. The van der Waals surface area contributed by atoms with Gasteiger partial charge in [0.25, 0.3) is 5.91 Å². The van der Waals surface area contributed by atoms with Gasteiger partial charge in [0.2, 0.25) is 0 Å². The summed E-state index contributed by atoms with van der Waals surface area (Å²) < 4.78 is 0. The summed E-state index contributed by atoms with van der Waals surface area (Å²) in [6.45, 7) is 8.23. The van der Waals surface area contributed by atoms with Crippen molar-refractivity contribution >= 4 is 17.2 Å². The van der Waals surface area contributed by atoms with Crippen molar-refractivity contribution in [1.29, 1.82) is 0 Å². The Hall–Kier alpha value is -0.910. The first-order valence-corrected chi connectivity index (χ1v) is 7.40. The maximum atomic E-state index is 11.9. The Bertz CT molecular complexity index is 385. The van der Waals surface area contributed by atoms with Crippen LogP contribution in [0.15, 0.2) is 11.4 Å². The van der Waals surface area contributed by atoms with E-state index in [9.17, 15) is 4.79 Å². The van der Waals surface area contributed by atoms with Crippen LogP contribution in [0.4, 0.5) is 0 Å². The van der Waals surface area contributed by atoms with Crippen LogP contribution in [0, 0.1) is 6.92 Å². The van der Waals surface area contributed by atoms with Crippen LogP contribution in [0.5, 0.6) is 0 Å². The standard InChI is InChI=1S/C13H21N3OS/c1-11-3-10-18-12(11)13(17)15-4-2-7-16-8-5-14-6-9-16/h3,10,14H,2,4-9H2,1H3,(H,15,17). The fourth-order valence-corrected chi connectivity index (χ4v) is 2.97. The van der Waals surface area contributed by atoms with E-state index in [4.69, 9.17) is 0 Å². The van der Waals surface area contributed by atoms with E-state index in [0.29, 0.717) is 0 Å². The van der Waals surface area contributed by atoms with Crippen molar-refractivity contribution in [3.05, 3.63) is 21.9 Å². The second-order valence-electron chi connectivity index (χ2n) is 4.63. The molecule has 1 saturated heterocycles. The van der Waals surface area contributed by atoms with Gasteiger partial charge in [-0.15, -0.1) is 11.3 Å². The summed E-state index contributed by atoms with van der Waals surface area (Å²) in [6, 6.07) is 1.99. The third-order valence-corrected chi connectivity index (χ3v) is 4.23. The van der Waals surface area contributed by atoms with Gasteiger partial charge in [-0.2, -0.15) is 0 Å². The molecular formula is C13H21N3OS. The topological polar surface area (TPSA) is 44.4 Å². The van der Waals surface area contributed by atoms with Gasteiger partial charge in [-0.25, -0.2) is 0 Å². The number of nitrogens with zero attached hydrogens (tertiary/aromatic N) is 1. The summed E-state index contributed by atoms with van der Waals surface area (Å²) in [5, 5.41) is 8.30. The minimum atomic E-state index is 0.0720. The molecule has 1 amide bonds. The van der Waals surface area contributed by atoms with Gasteiger partial charge in [-0.05, 0) is 36.9 Å². The van der Waals surface area contributed by atoms with Crippen LogP contribution >= 0.6 is 11.3 Å². The van der Waals surface area contributed by atoms with E-state index in [2.05, 4.69) is 15.5 Å². The molecule has 5 heteroatoms. The lowest BCUT2D eigenvalue weighted by Crippen LogP contribution is -2.44. The molecule has 1 aromatic heterocycles. The quantitative estimate of drug-likeness (QED) is 0.785. The Labute approximate surface area is 112 Å². The molecule has 0 spiro atoms. The van der Waals surface area contributed by atoms with E-state index >= 15 is 0 Å².